The van der Waals surface area contributed by atoms with E-state index in [4.69, 9.17) is 9.47 Å². The highest BCUT2D eigenvalue weighted by Gasteiger charge is 2.54. The van der Waals surface area contributed by atoms with Crippen LogP contribution in [0.1, 0.15) is 24.5 Å². The molecule has 5 rings (SSSR count). The molecule has 31 heavy (non-hydrogen) atoms. The standard InChI is InChI=1S/C27H25NO3/c1-20-16-23(19-30-22-12-6-3-7-13-22)31-27(17-20)24-14-8-9-15-25(24)28(26(27)29)18-21-10-4-2-5-11-21/h2-16,23H,17-19H2,1H3/t23-,27+/m0/s1. The monoisotopic (exact) mass is 411 g/mol. The summed E-state index contributed by atoms with van der Waals surface area (Å²) in [5.41, 5.74) is 3.09. The molecule has 3 aromatic rings. The molecule has 1 spiro atoms. The third kappa shape index (κ3) is 3.64. The van der Waals surface area contributed by atoms with Gasteiger partial charge in [0.05, 0.1) is 12.2 Å². The van der Waals surface area contributed by atoms with E-state index in [1.165, 1.54) is 0 Å². The molecule has 0 saturated heterocycles. The van der Waals surface area contributed by atoms with E-state index >= 15 is 0 Å². The second kappa shape index (κ2) is 8.05. The number of fused-ring (bicyclic) bond motifs is 2. The highest BCUT2D eigenvalue weighted by Crippen LogP contribution is 2.49. The summed E-state index contributed by atoms with van der Waals surface area (Å²) in [5, 5.41) is 0. The molecule has 1 amide bonds. The molecule has 0 radical (unpaired) electrons. The number of amides is 1. The first kappa shape index (κ1) is 19.6. The van der Waals surface area contributed by atoms with E-state index in [-0.39, 0.29) is 12.0 Å². The Hall–Kier alpha value is -3.37. The lowest BCUT2D eigenvalue weighted by Gasteiger charge is -2.36. The summed E-state index contributed by atoms with van der Waals surface area (Å²) in [6.07, 6.45) is 2.32. The minimum absolute atomic E-state index is 0.00489. The summed E-state index contributed by atoms with van der Waals surface area (Å²) in [6, 6.07) is 27.8. The molecule has 0 N–H and O–H groups in total. The van der Waals surface area contributed by atoms with Crippen LogP contribution < -0.4 is 9.64 Å². The highest BCUT2D eigenvalue weighted by atomic mass is 16.6. The second-order valence-corrected chi connectivity index (χ2v) is 8.19. The predicted molar refractivity (Wildman–Crippen MR) is 121 cm³/mol. The van der Waals surface area contributed by atoms with Crippen LogP contribution in [-0.2, 0) is 21.7 Å². The molecule has 0 saturated carbocycles. The summed E-state index contributed by atoms with van der Waals surface area (Å²) in [5.74, 6) is 0.787. The molecule has 0 aliphatic carbocycles. The molecule has 0 bridgehead atoms. The van der Waals surface area contributed by atoms with Crippen LogP contribution in [0.5, 0.6) is 5.75 Å². The van der Waals surface area contributed by atoms with Gasteiger partial charge >= 0.3 is 0 Å². The lowest BCUT2D eigenvalue weighted by atomic mass is 9.85. The van der Waals surface area contributed by atoms with Crippen LogP contribution >= 0.6 is 0 Å². The van der Waals surface area contributed by atoms with Gasteiger partial charge in [-0.05, 0) is 30.7 Å². The van der Waals surface area contributed by atoms with E-state index < -0.39 is 5.60 Å². The molecule has 0 fully saturated rings. The molecular formula is C27H25NO3. The normalized spacial score (nSPS) is 22.4. The molecule has 156 valence electrons. The average molecular weight is 412 g/mol. The topological polar surface area (TPSA) is 38.8 Å². The van der Waals surface area contributed by atoms with Gasteiger partial charge in [-0.1, -0.05) is 78.4 Å². The predicted octanol–water partition coefficient (Wildman–Crippen LogP) is 5.24. The fraction of sp³-hybridized carbons (Fsp3) is 0.222. The zero-order valence-electron chi connectivity index (χ0n) is 17.5. The van der Waals surface area contributed by atoms with E-state index in [0.717, 1.165) is 28.1 Å². The lowest BCUT2D eigenvalue weighted by Crippen LogP contribution is -2.47. The Morgan fingerprint density at radius 2 is 1.65 bits per heavy atom. The minimum Gasteiger partial charge on any atom is -0.491 e. The molecular weight excluding hydrogens is 386 g/mol. The first-order chi connectivity index (χ1) is 15.2. The van der Waals surface area contributed by atoms with Gasteiger partial charge in [0.2, 0.25) is 0 Å². The van der Waals surface area contributed by atoms with Crippen molar-refractivity contribution < 1.29 is 14.3 Å². The zero-order valence-corrected chi connectivity index (χ0v) is 17.5. The van der Waals surface area contributed by atoms with Crippen molar-refractivity contribution in [3.8, 4) is 5.75 Å². The van der Waals surface area contributed by atoms with Gasteiger partial charge in [-0.15, -0.1) is 0 Å². The number of anilines is 1. The molecule has 2 atom stereocenters. The Labute approximate surface area is 182 Å². The Kier molecular flexibility index (Phi) is 5.08. The maximum Gasteiger partial charge on any atom is 0.264 e. The van der Waals surface area contributed by atoms with Crippen molar-refractivity contribution in [3.05, 3.63) is 108 Å². The summed E-state index contributed by atoms with van der Waals surface area (Å²) < 4.78 is 12.5. The smallest absolute Gasteiger partial charge is 0.264 e. The Balaban J connectivity index is 1.45. The first-order valence-corrected chi connectivity index (χ1v) is 10.6. The van der Waals surface area contributed by atoms with E-state index in [2.05, 4.69) is 13.0 Å². The van der Waals surface area contributed by atoms with Crippen molar-refractivity contribution in [2.24, 2.45) is 0 Å². The second-order valence-electron chi connectivity index (χ2n) is 8.19. The Morgan fingerprint density at radius 1 is 0.968 bits per heavy atom. The maximum atomic E-state index is 13.8. The summed E-state index contributed by atoms with van der Waals surface area (Å²) in [7, 11) is 0. The van der Waals surface area contributed by atoms with Crippen molar-refractivity contribution in [3.63, 3.8) is 0 Å². The summed E-state index contributed by atoms with van der Waals surface area (Å²) in [6.45, 7) is 2.95. The molecule has 2 aliphatic rings. The van der Waals surface area contributed by atoms with Crippen molar-refractivity contribution >= 4 is 11.6 Å². The van der Waals surface area contributed by atoms with E-state index in [0.29, 0.717) is 19.6 Å². The van der Waals surface area contributed by atoms with Crippen LogP contribution in [0.15, 0.2) is 96.6 Å². The first-order valence-electron chi connectivity index (χ1n) is 10.6. The molecule has 4 nitrogen and oxygen atoms in total. The SMILES string of the molecule is CC1=C[C@@H](COc2ccccc2)O[C@@]2(C1)C(=O)N(Cc1ccccc1)c1ccccc12. The van der Waals surface area contributed by atoms with Crippen LogP contribution in [0.4, 0.5) is 5.69 Å². The fourth-order valence-corrected chi connectivity index (χ4v) is 4.58. The van der Waals surface area contributed by atoms with Crippen LogP contribution in [0.25, 0.3) is 0 Å². The number of benzene rings is 3. The van der Waals surface area contributed by atoms with Gasteiger partial charge in [-0.25, -0.2) is 0 Å². The van der Waals surface area contributed by atoms with Gasteiger partial charge in [-0.2, -0.15) is 0 Å². The third-order valence-corrected chi connectivity index (χ3v) is 5.91. The van der Waals surface area contributed by atoms with Gasteiger partial charge in [0.25, 0.3) is 5.91 Å². The number of hydrogen-bond acceptors (Lipinski definition) is 3. The molecule has 2 heterocycles. The molecule has 4 heteroatoms. The Morgan fingerprint density at radius 3 is 2.42 bits per heavy atom. The van der Waals surface area contributed by atoms with Gasteiger partial charge in [0.15, 0.2) is 5.60 Å². The lowest BCUT2D eigenvalue weighted by molar-refractivity contribution is -0.153. The quantitative estimate of drug-likeness (QED) is 0.539. The zero-order chi connectivity index (χ0) is 21.3. The Bertz CT molecular complexity index is 1110. The van der Waals surface area contributed by atoms with Crippen LogP contribution in [0.2, 0.25) is 0 Å². The largest absolute Gasteiger partial charge is 0.491 e. The average Bonchev–Trinajstić information content (AvgIpc) is 3.01. The van der Waals surface area contributed by atoms with Crippen LogP contribution in [0.3, 0.4) is 0 Å². The van der Waals surface area contributed by atoms with E-state index in [1.54, 1.807) is 0 Å². The number of carbonyl (C=O) groups excluding carboxylic acids is 1. The number of ether oxygens (including phenoxy) is 2. The van der Waals surface area contributed by atoms with Crippen molar-refractivity contribution in [1.29, 1.82) is 0 Å². The number of carbonyl (C=O) groups is 1. The minimum atomic E-state index is -1.01. The summed E-state index contributed by atoms with van der Waals surface area (Å²) >= 11 is 0. The van der Waals surface area contributed by atoms with E-state index in [9.17, 15) is 4.79 Å². The molecule has 2 aliphatic heterocycles. The maximum absolute atomic E-state index is 13.8. The molecule has 0 unspecified atom stereocenters. The van der Waals surface area contributed by atoms with Crippen LogP contribution in [0, 0.1) is 0 Å². The van der Waals surface area contributed by atoms with Gasteiger partial charge < -0.3 is 14.4 Å². The summed E-state index contributed by atoms with van der Waals surface area (Å²) in [4.78, 5) is 15.7. The van der Waals surface area contributed by atoms with Crippen molar-refractivity contribution in [2.75, 3.05) is 11.5 Å². The van der Waals surface area contributed by atoms with Crippen LogP contribution in [-0.4, -0.2) is 18.6 Å². The van der Waals surface area contributed by atoms with Gasteiger partial charge in [-0.3, -0.25) is 4.79 Å². The number of nitrogens with zero attached hydrogens (tertiary/aromatic N) is 1. The van der Waals surface area contributed by atoms with Crippen molar-refractivity contribution in [2.45, 2.75) is 31.6 Å². The van der Waals surface area contributed by atoms with Crippen molar-refractivity contribution in [1.82, 2.24) is 0 Å². The molecule has 3 aromatic carbocycles. The van der Waals surface area contributed by atoms with E-state index in [1.807, 2.05) is 89.8 Å². The number of rotatable bonds is 5. The fourth-order valence-electron chi connectivity index (χ4n) is 4.58. The number of hydrogen-bond donors (Lipinski definition) is 0. The molecule has 0 aromatic heterocycles. The highest BCUT2D eigenvalue weighted by molar-refractivity contribution is 6.07. The van der Waals surface area contributed by atoms with Gasteiger partial charge in [0.1, 0.15) is 18.5 Å². The number of para-hydroxylation sites is 2. The van der Waals surface area contributed by atoms with Gasteiger partial charge in [0, 0.05) is 12.0 Å². The third-order valence-electron chi connectivity index (χ3n) is 5.91.